The van der Waals surface area contributed by atoms with Gasteiger partial charge in [-0.15, -0.1) is 13.2 Å². The van der Waals surface area contributed by atoms with E-state index in [2.05, 4.69) is 23.4 Å². The molecular formula is C27H35N3O4. The number of aromatic hydroxyl groups is 2. The third-order valence-electron chi connectivity index (χ3n) is 6.22. The zero-order valence-corrected chi connectivity index (χ0v) is 19.5. The van der Waals surface area contributed by atoms with E-state index in [0.29, 0.717) is 30.5 Å². The van der Waals surface area contributed by atoms with Crippen molar-refractivity contribution in [1.82, 2.24) is 10.2 Å². The van der Waals surface area contributed by atoms with E-state index in [0.717, 1.165) is 42.6 Å². The Morgan fingerprint density at radius 2 is 1.74 bits per heavy atom. The third-order valence-corrected chi connectivity index (χ3v) is 6.22. The van der Waals surface area contributed by atoms with Crippen LogP contribution in [0.3, 0.4) is 0 Å². The number of carbonyl (C=O) groups is 1. The van der Waals surface area contributed by atoms with Crippen molar-refractivity contribution in [2.24, 2.45) is 5.73 Å². The van der Waals surface area contributed by atoms with E-state index >= 15 is 0 Å². The van der Waals surface area contributed by atoms with Gasteiger partial charge in [-0.1, -0.05) is 24.3 Å². The van der Waals surface area contributed by atoms with Gasteiger partial charge in [0.1, 0.15) is 17.5 Å². The first kappa shape index (κ1) is 25.5. The van der Waals surface area contributed by atoms with Gasteiger partial charge in [0, 0.05) is 42.4 Å². The average Bonchev–Trinajstić information content (AvgIpc) is 2.83. The van der Waals surface area contributed by atoms with Crippen molar-refractivity contribution >= 4 is 5.91 Å². The summed E-state index contributed by atoms with van der Waals surface area (Å²) in [5.74, 6) is -0.0653. The highest BCUT2D eigenvalue weighted by Gasteiger charge is 2.24. The van der Waals surface area contributed by atoms with Crippen molar-refractivity contribution in [1.29, 1.82) is 0 Å². The quantitative estimate of drug-likeness (QED) is 0.344. The van der Waals surface area contributed by atoms with Gasteiger partial charge >= 0.3 is 0 Å². The number of carbonyl (C=O) groups excluding carboxylic acids is 1. The van der Waals surface area contributed by atoms with Gasteiger partial charge in [0.2, 0.25) is 5.91 Å². The molecule has 1 atom stereocenters. The van der Waals surface area contributed by atoms with Crippen LogP contribution in [0.1, 0.15) is 29.5 Å². The lowest BCUT2D eigenvalue weighted by molar-refractivity contribution is -0.124. The zero-order valence-electron chi connectivity index (χ0n) is 19.5. The van der Waals surface area contributed by atoms with Crippen LogP contribution >= 0.6 is 0 Å². The number of aliphatic hydroxyl groups excluding tert-OH is 1. The summed E-state index contributed by atoms with van der Waals surface area (Å²) in [6.07, 6.45) is 6.45. The number of hydrogen-bond donors (Lipinski definition) is 5. The van der Waals surface area contributed by atoms with E-state index < -0.39 is 6.04 Å². The second-order valence-corrected chi connectivity index (χ2v) is 8.84. The maximum atomic E-state index is 11.9. The maximum absolute atomic E-state index is 11.9. The van der Waals surface area contributed by atoms with Gasteiger partial charge in [0.05, 0.1) is 6.61 Å². The molecule has 0 spiro atoms. The number of likely N-dealkylation sites (tertiary alicyclic amines) is 1. The number of rotatable bonds is 10. The van der Waals surface area contributed by atoms with Crippen molar-refractivity contribution in [3.63, 3.8) is 0 Å². The van der Waals surface area contributed by atoms with Crippen LogP contribution in [0.15, 0.2) is 55.6 Å². The number of hydrogen-bond acceptors (Lipinski definition) is 6. The van der Waals surface area contributed by atoms with Crippen LogP contribution in [-0.4, -0.2) is 57.9 Å². The molecule has 0 bridgehead atoms. The van der Waals surface area contributed by atoms with Gasteiger partial charge in [-0.25, -0.2) is 0 Å². The Balaban J connectivity index is 1.80. The number of nitrogens with two attached hydrogens (primary N) is 1. The molecule has 1 aliphatic rings. The summed E-state index contributed by atoms with van der Waals surface area (Å²) in [4.78, 5) is 14.2. The monoisotopic (exact) mass is 465 g/mol. The number of amides is 1. The fraction of sp³-hybridized carbons (Fsp3) is 0.370. The molecule has 7 nitrogen and oxygen atoms in total. The Morgan fingerprint density at radius 1 is 1.09 bits per heavy atom. The summed E-state index contributed by atoms with van der Waals surface area (Å²) in [7, 11) is 0. The highest BCUT2D eigenvalue weighted by atomic mass is 16.3. The number of nitrogens with zero attached hydrogens (tertiary/aromatic N) is 1. The van der Waals surface area contributed by atoms with Crippen LogP contribution in [0.4, 0.5) is 0 Å². The number of piperidine rings is 1. The molecule has 0 aromatic heterocycles. The van der Waals surface area contributed by atoms with E-state index in [4.69, 9.17) is 10.8 Å². The molecule has 1 heterocycles. The van der Waals surface area contributed by atoms with Gasteiger partial charge in [0.25, 0.3) is 0 Å². The summed E-state index contributed by atoms with van der Waals surface area (Å²) >= 11 is 0. The number of allylic oxidation sites excluding steroid dienone is 2. The largest absolute Gasteiger partial charge is 0.507 e. The third kappa shape index (κ3) is 6.26. The molecule has 3 rings (SSSR count). The number of nitrogens with one attached hydrogen (secondary N) is 1. The first-order valence-corrected chi connectivity index (χ1v) is 11.6. The Kier molecular flexibility index (Phi) is 8.87. The van der Waals surface area contributed by atoms with Crippen molar-refractivity contribution in [2.45, 2.75) is 44.3 Å². The van der Waals surface area contributed by atoms with Crippen molar-refractivity contribution in [3.8, 4) is 22.6 Å². The van der Waals surface area contributed by atoms with E-state index in [1.807, 2.05) is 30.3 Å². The number of phenols is 2. The zero-order chi connectivity index (χ0) is 24.7. The van der Waals surface area contributed by atoms with Gasteiger partial charge in [-0.2, -0.15) is 0 Å². The molecule has 2 aromatic carbocycles. The molecular weight excluding hydrogens is 430 g/mol. The molecule has 34 heavy (non-hydrogen) atoms. The van der Waals surface area contributed by atoms with Gasteiger partial charge in [-0.05, 0) is 55.0 Å². The Labute approximate surface area is 201 Å². The molecule has 0 radical (unpaired) electrons. The fourth-order valence-corrected chi connectivity index (χ4v) is 4.33. The van der Waals surface area contributed by atoms with E-state index in [1.54, 1.807) is 12.1 Å². The summed E-state index contributed by atoms with van der Waals surface area (Å²) in [5.41, 5.74) is 9.56. The van der Waals surface area contributed by atoms with Crippen molar-refractivity contribution < 1.29 is 20.1 Å². The standard InChI is InChI=1S/C27H35N3O4/c1-3-5-18-7-8-25(32)22(14-18)23-15-19(6-4-2)13-20(26(23)33)16-30-11-9-21(10-12-30)29-27(34)24(28)17-31/h3-4,7-8,13-15,21,24,31-33H,1-2,5-6,9-12,16-17,28H2,(H,29,34)/t24-/m1/s1. The summed E-state index contributed by atoms with van der Waals surface area (Å²) < 4.78 is 0. The predicted molar refractivity (Wildman–Crippen MR) is 135 cm³/mol. The maximum Gasteiger partial charge on any atom is 0.239 e. The molecule has 182 valence electrons. The molecule has 1 fully saturated rings. The summed E-state index contributed by atoms with van der Waals surface area (Å²) in [5, 5.41) is 33.7. The minimum atomic E-state index is -0.901. The van der Waals surface area contributed by atoms with Gasteiger partial charge in [-0.3, -0.25) is 9.69 Å². The highest BCUT2D eigenvalue weighted by molar-refractivity contribution is 5.82. The highest BCUT2D eigenvalue weighted by Crippen LogP contribution is 2.39. The topological polar surface area (TPSA) is 119 Å². The van der Waals surface area contributed by atoms with Crippen LogP contribution in [-0.2, 0) is 24.2 Å². The smallest absolute Gasteiger partial charge is 0.239 e. The van der Waals surface area contributed by atoms with E-state index in [-0.39, 0.29) is 30.1 Å². The molecule has 0 saturated carbocycles. The van der Waals surface area contributed by atoms with Crippen LogP contribution in [0.5, 0.6) is 11.5 Å². The molecule has 6 N–H and O–H groups in total. The minimum Gasteiger partial charge on any atom is -0.507 e. The second-order valence-electron chi connectivity index (χ2n) is 8.84. The first-order valence-electron chi connectivity index (χ1n) is 11.6. The lowest BCUT2D eigenvalue weighted by Gasteiger charge is -2.33. The lowest BCUT2D eigenvalue weighted by Crippen LogP contribution is -2.50. The van der Waals surface area contributed by atoms with E-state index in [1.165, 1.54) is 0 Å². The predicted octanol–water partition coefficient (Wildman–Crippen LogP) is 2.62. The van der Waals surface area contributed by atoms with Gasteiger partial charge in [0.15, 0.2) is 0 Å². The molecule has 0 unspecified atom stereocenters. The Morgan fingerprint density at radius 3 is 2.38 bits per heavy atom. The molecule has 7 heteroatoms. The number of phenolic OH excluding ortho intramolecular Hbond substituents is 2. The van der Waals surface area contributed by atoms with Gasteiger partial charge < -0.3 is 26.4 Å². The normalized spacial score (nSPS) is 15.6. The van der Waals surface area contributed by atoms with Crippen LogP contribution in [0.2, 0.25) is 0 Å². The second kappa shape index (κ2) is 11.8. The number of benzene rings is 2. The van der Waals surface area contributed by atoms with Crippen LogP contribution in [0.25, 0.3) is 11.1 Å². The average molecular weight is 466 g/mol. The lowest BCUT2D eigenvalue weighted by atomic mass is 9.94. The summed E-state index contributed by atoms with van der Waals surface area (Å²) in [6.45, 7) is 9.29. The van der Waals surface area contributed by atoms with E-state index in [9.17, 15) is 15.0 Å². The molecule has 2 aromatic rings. The molecule has 0 aliphatic carbocycles. The fourth-order valence-electron chi connectivity index (χ4n) is 4.33. The molecule has 1 amide bonds. The summed E-state index contributed by atoms with van der Waals surface area (Å²) in [6, 6.07) is 8.39. The number of aliphatic hydroxyl groups is 1. The Bertz CT molecular complexity index is 1030. The van der Waals surface area contributed by atoms with Crippen LogP contribution < -0.4 is 11.1 Å². The Hall–Kier alpha value is -3.13. The van der Waals surface area contributed by atoms with Crippen molar-refractivity contribution in [2.75, 3.05) is 19.7 Å². The molecule has 1 aliphatic heterocycles. The minimum absolute atomic E-state index is 0.0159. The molecule has 1 saturated heterocycles. The first-order chi connectivity index (χ1) is 16.4. The van der Waals surface area contributed by atoms with Crippen LogP contribution in [0, 0.1) is 0 Å². The SMILES string of the molecule is C=CCc1ccc(O)c(-c2cc(CC=C)cc(CN3CCC(NC(=O)[C@H](N)CO)CC3)c2O)c1. The van der Waals surface area contributed by atoms with Crippen molar-refractivity contribution in [3.05, 3.63) is 72.3 Å².